The Kier molecular flexibility index (Phi) is 4.19. The van der Waals surface area contributed by atoms with Gasteiger partial charge in [0.15, 0.2) is 10.4 Å². The van der Waals surface area contributed by atoms with E-state index in [1.165, 1.54) is 15.9 Å². The number of alkyl halides is 3. The Bertz CT molecular complexity index is 453. The standard InChI is InChI=1S/C11H12BrF3N2O2/c12-9-2-1-8(19-9)10(18)17-5-3-16(4-6-17)7-11(13,14)15/h1-2H,3-7H2. The van der Waals surface area contributed by atoms with Gasteiger partial charge >= 0.3 is 6.18 Å². The maximum atomic E-state index is 12.2. The Labute approximate surface area is 116 Å². The quantitative estimate of drug-likeness (QED) is 0.829. The second-order valence-electron chi connectivity index (χ2n) is 4.29. The molecular weight excluding hydrogens is 329 g/mol. The molecule has 0 bridgehead atoms. The maximum absolute atomic E-state index is 12.2. The lowest BCUT2D eigenvalue weighted by Gasteiger charge is -2.34. The molecule has 0 saturated carbocycles. The molecule has 0 unspecified atom stereocenters. The van der Waals surface area contributed by atoms with E-state index in [9.17, 15) is 18.0 Å². The molecule has 0 atom stereocenters. The maximum Gasteiger partial charge on any atom is 0.401 e. The number of amides is 1. The second-order valence-corrected chi connectivity index (χ2v) is 5.07. The van der Waals surface area contributed by atoms with Crippen molar-refractivity contribution in [3.8, 4) is 0 Å². The molecule has 2 rings (SSSR count). The van der Waals surface area contributed by atoms with Crippen LogP contribution in [0.2, 0.25) is 0 Å². The first-order valence-electron chi connectivity index (χ1n) is 5.69. The van der Waals surface area contributed by atoms with Crippen molar-refractivity contribution < 1.29 is 22.4 Å². The fourth-order valence-corrected chi connectivity index (χ4v) is 2.25. The first kappa shape index (κ1) is 14.4. The number of hydrogen-bond acceptors (Lipinski definition) is 3. The van der Waals surface area contributed by atoms with Crippen LogP contribution in [-0.4, -0.2) is 54.6 Å². The van der Waals surface area contributed by atoms with Gasteiger partial charge in [0.1, 0.15) is 0 Å². The van der Waals surface area contributed by atoms with E-state index in [1.54, 1.807) is 6.07 Å². The summed E-state index contributed by atoms with van der Waals surface area (Å²) in [5.41, 5.74) is 0. The number of piperazine rings is 1. The highest BCUT2D eigenvalue weighted by Gasteiger charge is 2.33. The van der Waals surface area contributed by atoms with E-state index in [0.717, 1.165) is 0 Å². The Balaban J connectivity index is 1.88. The van der Waals surface area contributed by atoms with E-state index >= 15 is 0 Å². The summed E-state index contributed by atoms with van der Waals surface area (Å²) >= 11 is 3.10. The molecule has 0 N–H and O–H groups in total. The third kappa shape index (κ3) is 3.97. The van der Waals surface area contributed by atoms with Crippen molar-refractivity contribution in [3.63, 3.8) is 0 Å². The zero-order chi connectivity index (χ0) is 14.0. The highest BCUT2D eigenvalue weighted by molar-refractivity contribution is 9.10. The molecule has 1 fully saturated rings. The summed E-state index contributed by atoms with van der Waals surface area (Å²) in [4.78, 5) is 14.8. The van der Waals surface area contributed by atoms with Crippen LogP contribution in [-0.2, 0) is 0 Å². The van der Waals surface area contributed by atoms with Crippen molar-refractivity contribution in [1.82, 2.24) is 9.80 Å². The van der Waals surface area contributed by atoms with Gasteiger partial charge in [-0.3, -0.25) is 9.69 Å². The Morgan fingerprint density at radius 2 is 1.89 bits per heavy atom. The smallest absolute Gasteiger partial charge is 0.401 e. The number of carbonyl (C=O) groups is 1. The average molecular weight is 341 g/mol. The fraction of sp³-hybridized carbons (Fsp3) is 0.545. The molecule has 1 aromatic heterocycles. The first-order chi connectivity index (χ1) is 8.85. The lowest BCUT2D eigenvalue weighted by molar-refractivity contribution is -0.148. The molecule has 19 heavy (non-hydrogen) atoms. The summed E-state index contributed by atoms with van der Waals surface area (Å²) in [6, 6.07) is 3.14. The normalized spacial score (nSPS) is 17.8. The van der Waals surface area contributed by atoms with Crippen molar-refractivity contribution in [3.05, 3.63) is 22.6 Å². The summed E-state index contributed by atoms with van der Waals surface area (Å²) in [6.07, 6.45) is -4.20. The highest BCUT2D eigenvalue weighted by Crippen LogP contribution is 2.19. The summed E-state index contributed by atoms with van der Waals surface area (Å²) in [5, 5.41) is 0. The number of carbonyl (C=O) groups excluding carboxylic acids is 1. The van der Waals surface area contributed by atoms with E-state index in [4.69, 9.17) is 4.42 Å². The summed E-state index contributed by atoms with van der Waals surface area (Å²) in [6.45, 7) is 0.0437. The minimum absolute atomic E-state index is 0.191. The SMILES string of the molecule is O=C(c1ccc(Br)o1)N1CCN(CC(F)(F)F)CC1. The van der Waals surface area contributed by atoms with Crippen molar-refractivity contribution >= 4 is 21.8 Å². The second kappa shape index (κ2) is 5.54. The van der Waals surface area contributed by atoms with Gasteiger partial charge in [0.25, 0.3) is 5.91 Å². The van der Waals surface area contributed by atoms with Crippen LogP contribution in [0.5, 0.6) is 0 Å². The van der Waals surface area contributed by atoms with Gasteiger partial charge in [-0.2, -0.15) is 13.2 Å². The predicted molar refractivity (Wildman–Crippen MR) is 64.8 cm³/mol. The minimum Gasteiger partial charge on any atom is -0.444 e. The molecule has 0 aromatic carbocycles. The first-order valence-corrected chi connectivity index (χ1v) is 6.48. The molecule has 106 valence electrons. The van der Waals surface area contributed by atoms with Gasteiger partial charge < -0.3 is 9.32 Å². The van der Waals surface area contributed by atoms with Gasteiger partial charge in [0.05, 0.1) is 6.54 Å². The summed E-state index contributed by atoms with van der Waals surface area (Å²) in [7, 11) is 0. The third-order valence-electron chi connectivity index (χ3n) is 2.85. The molecule has 0 aliphatic carbocycles. The van der Waals surface area contributed by atoms with Crippen molar-refractivity contribution in [2.75, 3.05) is 32.7 Å². The number of halogens is 4. The zero-order valence-electron chi connectivity index (χ0n) is 9.91. The van der Waals surface area contributed by atoms with Crippen LogP contribution in [0.15, 0.2) is 21.2 Å². The van der Waals surface area contributed by atoms with Crippen molar-refractivity contribution in [2.24, 2.45) is 0 Å². The molecule has 8 heteroatoms. The number of rotatable bonds is 2. The number of hydrogen-bond donors (Lipinski definition) is 0. The van der Waals surface area contributed by atoms with Gasteiger partial charge in [-0.15, -0.1) is 0 Å². The fourth-order valence-electron chi connectivity index (χ4n) is 1.95. The van der Waals surface area contributed by atoms with Crippen LogP contribution in [0.3, 0.4) is 0 Å². The van der Waals surface area contributed by atoms with Gasteiger partial charge in [-0.05, 0) is 28.1 Å². The molecule has 0 spiro atoms. The van der Waals surface area contributed by atoms with E-state index in [2.05, 4.69) is 15.9 Å². The summed E-state index contributed by atoms with van der Waals surface area (Å²) in [5.74, 6) is -0.103. The Morgan fingerprint density at radius 1 is 1.26 bits per heavy atom. The lowest BCUT2D eigenvalue weighted by Crippen LogP contribution is -2.50. The largest absolute Gasteiger partial charge is 0.444 e. The van der Waals surface area contributed by atoms with Crippen LogP contribution < -0.4 is 0 Å². The predicted octanol–water partition coefficient (Wildman–Crippen LogP) is 2.36. The zero-order valence-corrected chi connectivity index (χ0v) is 11.5. The van der Waals surface area contributed by atoms with Crippen molar-refractivity contribution in [2.45, 2.75) is 6.18 Å². The van der Waals surface area contributed by atoms with E-state index in [-0.39, 0.29) is 37.8 Å². The van der Waals surface area contributed by atoms with Crippen LogP contribution in [0.25, 0.3) is 0 Å². The van der Waals surface area contributed by atoms with Gasteiger partial charge in [0.2, 0.25) is 0 Å². The number of furan rings is 1. The molecule has 1 saturated heterocycles. The minimum atomic E-state index is -4.20. The highest BCUT2D eigenvalue weighted by atomic mass is 79.9. The Hall–Kier alpha value is -1.02. The van der Waals surface area contributed by atoms with Crippen LogP contribution >= 0.6 is 15.9 Å². The number of nitrogens with zero attached hydrogens (tertiary/aromatic N) is 2. The van der Waals surface area contributed by atoms with Crippen LogP contribution in [0.1, 0.15) is 10.6 Å². The summed E-state index contributed by atoms with van der Waals surface area (Å²) < 4.78 is 42.3. The van der Waals surface area contributed by atoms with Gasteiger partial charge in [-0.25, -0.2) is 0 Å². The van der Waals surface area contributed by atoms with Crippen molar-refractivity contribution in [1.29, 1.82) is 0 Å². The Morgan fingerprint density at radius 3 is 2.37 bits per heavy atom. The van der Waals surface area contributed by atoms with Crippen LogP contribution in [0.4, 0.5) is 13.2 Å². The molecule has 4 nitrogen and oxygen atoms in total. The third-order valence-corrected chi connectivity index (χ3v) is 3.27. The van der Waals surface area contributed by atoms with Crippen LogP contribution in [0, 0.1) is 0 Å². The molecule has 0 radical (unpaired) electrons. The van der Waals surface area contributed by atoms with E-state index in [1.807, 2.05) is 0 Å². The average Bonchev–Trinajstić information content (AvgIpc) is 2.74. The topological polar surface area (TPSA) is 36.7 Å². The monoisotopic (exact) mass is 340 g/mol. The molecule has 2 heterocycles. The van der Waals surface area contributed by atoms with Gasteiger partial charge in [-0.1, -0.05) is 0 Å². The lowest BCUT2D eigenvalue weighted by atomic mass is 10.3. The van der Waals surface area contributed by atoms with Gasteiger partial charge in [0, 0.05) is 26.2 Å². The molecule has 1 aliphatic rings. The molecule has 1 amide bonds. The van der Waals surface area contributed by atoms with E-state index in [0.29, 0.717) is 4.67 Å². The van der Waals surface area contributed by atoms with E-state index < -0.39 is 12.7 Å². The molecular formula is C11H12BrF3N2O2. The molecule has 1 aromatic rings. The molecule has 1 aliphatic heterocycles.